The third kappa shape index (κ3) is 6.85. The third-order valence-electron chi connectivity index (χ3n) is 13.8. The molecule has 3 heterocycles. The fourth-order valence-corrected chi connectivity index (χ4v) is 11.5. The molecule has 0 saturated heterocycles. The van der Waals surface area contributed by atoms with Gasteiger partial charge in [-0.05, 0) is 120 Å². The van der Waals surface area contributed by atoms with Crippen LogP contribution in [0.15, 0.2) is 97.1 Å². The molecule has 0 radical (unpaired) electrons. The van der Waals surface area contributed by atoms with Crippen LogP contribution in [0.25, 0.3) is 10.8 Å². The molecule has 0 fully saturated rings. The van der Waals surface area contributed by atoms with Gasteiger partial charge in [0.05, 0.1) is 11.4 Å². The van der Waals surface area contributed by atoms with Crippen LogP contribution < -0.4 is 42.6 Å². The highest BCUT2D eigenvalue weighted by molar-refractivity contribution is 7.00. The lowest BCUT2D eigenvalue weighted by Crippen LogP contribution is -2.65. The highest BCUT2D eigenvalue weighted by Gasteiger charge is 2.49. The van der Waals surface area contributed by atoms with Gasteiger partial charge in [0, 0.05) is 16.8 Å². The number of amides is 2. The summed E-state index contributed by atoms with van der Waals surface area (Å²) in [4.78, 5) is 20.4. The molecule has 0 aliphatic carbocycles. The van der Waals surface area contributed by atoms with E-state index in [0.717, 1.165) is 35.6 Å². The van der Waals surface area contributed by atoms with Crippen LogP contribution in [-0.4, -0.2) is 19.5 Å². The lowest BCUT2D eigenvalue weighted by molar-refractivity contribution is 0.255. The molecule has 316 valence electrons. The van der Waals surface area contributed by atoms with Crippen LogP contribution in [0.3, 0.4) is 0 Å². The highest BCUT2D eigenvalue weighted by atomic mass is 16.2. The van der Waals surface area contributed by atoms with Gasteiger partial charge in [0.1, 0.15) is 0 Å². The largest absolute Gasteiger partial charge is 0.338 e. The summed E-state index contributed by atoms with van der Waals surface area (Å²) in [5.74, 6) is 1.34. The van der Waals surface area contributed by atoms with E-state index < -0.39 is 0 Å². The van der Waals surface area contributed by atoms with E-state index >= 15 is 4.79 Å². The lowest BCUT2D eigenvalue weighted by Gasteiger charge is -2.47. The second-order valence-corrected chi connectivity index (χ2v) is 22.5. The van der Waals surface area contributed by atoms with Crippen LogP contribution in [0.2, 0.25) is 0 Å². The van der Waals surface area contributed by atoms with Gasteiger partial charge in [-0.1, -0.05) is 193 Å². The fraction of sp³-hybridized carbons (Fsp3) is 0.386. The summed E-state index contributed by atoms with van der Waals surface area (Å²) in [5.41, 5.74) is 20.2. The van der Waals surface area contributed by atoms with E-state index in [9.17, 15) is 0 Å². The molecule has 0 atom stereocenters. The van der Waals surface area contributed by atoms with Crippen LogP contribution in [-0.2, 0) is 12.8 Å². The molecule has 3 aliphatic heterocycles. The summed E-state index contributed by atoms with van der Waals surface area (Å²) in [5, 5.41) is 2.36. The summed E-state index contributed by atoms with van der Waals surface area (Å²) in [7, 11) is 0. The molecule has 9 rings (SSSR count). The van der Waals surface area contributed by atoms with Gasteiger partial charge in [-0.2, -0.15) is 0 Å². The Bertz CT molecular complexity index is 2540. The molecule has 5 heteroatoms. The molecule has 0 bridgehead atoms. The molecule has 0 unspecified atom stereocenters. The Morgan fingerprint density at radius 3 is 1.15 bits per heavy atom. The fourth-order valence-electron chi connectivity index (χ4n) is 11.5. The number of hydrogen-bond donors (Lipinski definition) is 0. The molecule has 6 aromatic carbocycles. The number of benzene rings is 6. The van der Waals surface area contributed by atoms with E-state index in [2.05, 4.69) is 204 Å². The van der Waals surface area contributed by atoms with Gasteiger partial charge in [-0.25, -0.2) is 4.79 Å². The maximum Gasteiger partial charge on any atom is 0.338 e. The number of hydrogen-bond acceptors (Lipinski definition) is 1. The van der Waals surface area contributed by atoms with Crippen molar-refractivity contribution in [1.29, 1.82) is 0 Å². The Kier molecular flexibility index (Phi) is 10.3. The van der Waals surface area contributed by atoms with Crippen LogP contribution >= 0.6 is 0 Å². The molecular formula is C57H66B2N2O. The Morgan fingerprint density at radius 1 is 0.468 bits per heavy atom. The van der Waals surface area contributed by atoms with Crippen molar-refractivity contribution in [3.8, 4) is 0 Å². The van der Waals surface area contributed by atoms with Crippen LogP contribution in [0.5, 0.6) is 0 Å². The Morgan fingerprint density at radius 2 is 0.823 bits per heavy atom. The molecule has 62 heavy (non-hydrogen) atoms. The Labute approximate surface area is 373 Å². The predicted octanol–water partition coefficient (Wildman–Crippen LogP) is 11.6. The van der Waals surface area contributed by atoms with Gasteiger partial charge in [-0.3, -0.25) is 9.80 Å². The van der Waals surface area contributed by atoms with Gasteiger partial charge in [0.2, 0.25) is 13.4 Å². The van der Waals surface area contributed by atoms with Crippen molar-refractivity contribution in [3.05, 3.63) is 130 Å². The summed E-state index contributed by atoms with van der Waals surface area (Å²) >= 11 is 0. The van der Waals surface area contributed by atoms with Crippen molar-refractivity contribution in [2.24, 2.45) is 10.8 Å². The first-order valence-electron chi connectivity index (χ1n) is 23.5. The minimum Gasteiger partial charge on any atom is -0.263 e. The summed E-state index contributed by atoms with van der Waals surface area (Å²) < 4.78 is 0. The van der Waals surface area contributed by atoms with Crippen LogP contribution in [0.1, 0.15) is 154 Å². The second kappa shape index (κ2) is 15.1. The third-order valence-corrected chi connectivity index (χ3v) is 13.8. The quantitative estimate of drug-likeness (QED) is 0.140. The summed E-state index contributed by atoms with van der Waals surface area (Å²) in [6, 6.07) is 37.4. The van der Waals surface area contributed by atoms with Crippen molar-refractivity contribution < 1.29 is 4.79 Å². The van der Waals surface area contributed by atoms with Crippen molar-refractivity contribution in [2.45, 2.75) is 133 Å². The molecule has 3 nitrogen and oxygen atoms in total. The monoisotopic (exact) mass is 817 g/mol. The molecule has 6 aromatic rings. The van der Waals surface area contributed by atoms with Gasteiger partial charge >= 0.3 is 6.03 Å². The maximum atomic E-state index is 16.2. The van der Waals surface area contributed by atoms with E-state index in [4.69, 9.17) is 0 Å². The molecule has 0 N–H and O–H groups in total. The molecule has 3 aliphatic rings. The molecule has 2 amide bonds. The molecule has 0 aromatic heterocycles. The second-order valence-electron chi connectivity index (χ2n) is 22.5. The van der Waals surface area contributed by atoms with Crippen molar-refractivity contribution in [1.82, 2.24) is 0 Å². The smallest absolute Gasteiger partial charge is 0.263 e. The summed E-state index contributed by atoms with van der Waals surface area (Å²) in [6.07, 6.45) is 1.91. The number of rotatable bonds is 8. The number of carbonyl (C=O) groups is 1. The zero-order valence-electron chi connectivity index (χ0n) is 39.9. The van der Waals surface area contributed by atoms with E-state index in [-0.39, 0.29) is 30.3 Å². The van der Waals surface area contributed by atoms with E-state index in [1.807, 2.05) is 0 Å². The first-order valence-corrected chi connectivity index (χ1v) is 23.5. The van der Waals surface area contributed by atoms with Crippen molar-refractivity contribution >= 4 is 85.8 Å². The van der Waals surface area contributed by atoms with E-state index in [1.165, 1.54) is 76.9 Å². The number of anilines is 4. The number of urea groups is 1. The van der Waals surface area contributed by atoms with Gasteiger partial charge in [0.25, 0.3) is 0 Å². The highest BCUT2D eigenvalue weighted by Crippen LogP contribution is 2.48. The topological polar surface area (TPSA) is 23.6 Å². The van der Waals surface area contributed by atoms with Crippen molar-refractivity contribution in [2.75, 3.05) is 9.80 Å². The Balaban J connectivity index is 1.43. The molecule has 0 saturated carbocycles. The standard InChI is InChI=1S/C57H66B2N2O/c1-33(2)40-17-15-18-41(34(3)4)51(40)58-44-25-23-39-24-26-45-54-50(39)53(44)60(48-27-21-37(29-46(48)58)31-56(9,10)11)55(62)61(54)49-28-22-38(32-57(12,13)14)30-47(49)59(45)52-42(35(5)6)19-16-20-43(52)36(7)8/h15-30,33-36H,31-32H2,1-14H3. The van der Waals surface area contributed by atoms with E-state index in [1.54, 1.807) is 0 Å². The molecule has 0 spiro atoms. The minimum absolute atomic E-state index is 0.00713. The average molecular weight is 817 g/mol. The first kappa shape index (κ1) is 42.3. The van der Waals surface area contributed by atoms with Crippen molar-refractivity contribution in [3.63, 3.8) is 0 Å². The lowest BCUT2D eigenvalue weighted by atomic mass is 9.32. The zero-order chi connectivity index (χ0) is 44.3. The number of carbonyl (C=O) groups excluding carboxylic acids is 1. The number of fused-ring (bicyclic) bond motifs is 4. The predicted molar refractivity (Wildman–Crippen MR) is 271 cm³/mol. The zero-order valence-corrected chi connectivity index (χ0v) is 39.9. The van der Waals surface area contributed by atoms with E-state index in [0.29, 0.717) is 23.7 Å². The van der Waals surface area contributed by atoms with Crippen LogP contribution in [0.4, 0.5) is 27.5 Å². The SMILES string of the molecule is CC(C)c1cccc(C(C)C)c1B1c2cc(CC(C)(C)C)ccc2N2C(=O)N3c4ccc(CC(C)(C)C)cc4B(c4c(C(C)C)cccc4C(C)C)c4ccc5ccc1c2c5c43. The van der Waals surface area contributed by atoms with Gasteiger partial charge in [-0.15, -0.1) is 0 Å². The Hall–Kier alpha value is -5.02. The average Bonchev–Trinajstić information content (AvgIpc) is 3.19. The first-order chi connectivity index (χ1) is 29.3. The number of nitrogens with zero attached hydrogens (tertiary/aromatic N) is 2. The van der Waals surface area contributed by atoms with Gasteiger partial charge < -0.3 is 0 Å². The summed E-state index contributed by atoms with van der Waals surface area (Å²) in [6.45, 7) is 32.5. The maximum absolute atomic E-state index is 16.2. The van der Waals surface area contributed by atoms with Crippen LogP contribution in [0, 0.1) is 10.8 Å². The minimum atomic E-state index is -0.0346. The normalized spacial score (nSPS) is 14.6. The van der Waals surface area contributed by atoms with Gasteiger partial charge in [0.15, 0.2) is 0 Å². The molecular weight excluding hydrogens is 750 g/mol.